The van der Waals surface area contributed by atoms with Gasteiger partial charge in [0.05, 0.1) is 99.7 Å². The molecule has 0 bridgehead atoms. The fourth-order valence-corrected chi connectivity index (χ4v) is 16.3. The fraction of sp³-hybridized carbons (Fsp3) is 0.325. The number of phosphoric ester groups is 3. The molecule has 0 spiro atoms. The Hall–Kier alpha value is -10.8. The predicted molar refractivity (Wildman–Crippen MR) is 471 cm³/mol. The topological polar surface area (TPSA) is 632 Å². The number of thiazole rings is 3. The molecule has 2 unspecified atom stereocenters. The molecule has 6 aromatic heterocycles. The Balaban J connectivity index is 0.000000277. The number of rotatable bonds is 40. The first-order chi connectivity index (χ1) is 63.6. The van der Waals surface area contributed by atoms with Crippen LogP contribution < -0.4 is 22.9 Å². The number of nitrogens with zero attached hydrogens (tertiary/aromatic N) is 15. The quantitative estimate of drug-likeness (QED) is 0.00734. The van der Waals surface area contributed by atoms with Crippen LogP contribution in [0.25, 0.3) is 33.8 Å². The summed E-state index contributed by atoms with van der Waals surface area (Å²) in [5, 5.41) is 70.4. The number of hydrogen-bond donors (Lipinski definition) is 13. The maximum atomic E-state index is 15.2. The summed E-state index contributed by atoms with van der Waals surface area (Å²) in [5.41, 5.74) is 17.8. The van der Waals surface area contributed by atoms with E-state index < -0.39 is 137 Å². The van der Waals surface area contributed by atoms with E-state index in [1.807, 2.05) is 0 Å². The number of aliphatic carboxylic acids is 2. The van der Waals surface area contributed by atoms with Gasteiger partial charge in [-0.05, 0) is 100 Å². The van der Waals surface area contributed by atoms with Crippen molar-refractivity contribution >= 4 is 69.4 Å². The van der Waals surface area contributed by atoms with Gasteiger partial charge in [-0.3, -0.25) is 23.2 Å². The van der Waals surface area contributed by atoms with Gasteiger partial charge in [-0.25, -0.2) is 84.0 Å². The Kier molecular flexibility index (Phi) is 45.4. The molecule has 12 aromatic rings. The standard InChI is InChI=1S/3C23H20F2N5O5PS.2C6H14N2O2.C2H6O.V/c3*1-15(22-29-21(10-37-22)17-4-2-16(9-26)3-5-17)23(11-30-13-27-12-28-30,34-14-35-36(31,32)33)19-7-6-18(24)8-20(19)25;2*7-4-2-1-3-5(8)6(9)10;1-2-3;/h3*2-8,10,12-13,15H,11,14H2,1H3,(H2,31,32,33);2*5H,1-4,7-8H2,(H,9,10);3H,2H2,1H3;/p+2/t3*15-,23+;;;;/m000..../s1. The zero-order chi connectivity index (χ0) is 98.6. The summed E-state index contributed by atoms with van der Waals surface area (Å²) in [6, 6.07) is 34.0. The van der Waals surface area contributed by atoms with E-state index in [4.69, 9.17) is 56.8 Å². The second-order valence-corrected chi connectivity index (χ2v) is 35.2. The maximum absolute atomic E-state index is 15.2. The Morgan fingerprint density at radius 2 is 0.711 bits per heavy atom. The van der Waals surface area contributed by atoms with Crippen molar-refractivity contribution in [1.82, 2.24) is 59.2 Å². The van der Waals surface area contributed by atoms with Crippen LogP contribution in [0.3, 0.4) is 0 Å². The molecule has 721 valence electrons. The molecule has 0 aliphatic heterocycles. The molecule has 0 aliphatic rings. The Labute approximate surface area is 792 Å². The summed E-state index contributed by atoms with van der Waals surface area (Å²) in [5.74, 6) is -9.34. The molecule has 135 heavy (non-hydrogen) atoms. The first-order valence-corrected chi connectivity index (χ1v) is 47.2. The van der Waals surface area contributed by atoms with Crippen LogP contribution in [0.2, 0.25) is 0 Å². The number of halogens is 6. The Morgan fingerprint density at radius 1 is 0.459 bits per heavy atom. The van der Waals surface area contributed by atoms with Crippen LogP contribution in [0, 0.1) is 68.9 Å². The van der Waals surface area contributed by atoms with E-state index in [1.165, 1.54) is 104 Å². The number of hydrogen-bond acceptors (Lipinski definition) is 29. The molecule has 6 heterocycles. The van der Waals surface area contributed by atoms with Gasteiger partial charge in [-0.15, -0.1) is 34.0 Å². The van der Waals surface area contributed by atoms with Gasteiger partial charge >= 0.3 is 35.4 Å². The number of carbonyl (C=O) groups is 2. The number of nitriles is 3. The van der Waals surface area contributed by atoms with Crippen LogP contribution in [-0.2, 0) is 106 Å². The van der Waals surface area contributed by atoms with Crippen LogP contribution in [0.5, 0.6) is 0 Å². The molecule has 19 N–H and O–H groups in total. The summed E-state index contributed by atoms with van der Waals surface area (Å²) in [6.45, 7) is 5.47. The largest absolute Gasteiger partial charge is 0.480 e. The van der Waals surface area contributed by atoms with Crippen LogP contribution in [0.4, 0.5) is 26.3 Å². The van der Waals surface area contributed by atoms with Crippen molar-refractivity contribution in [3.63, 3.8) is 0 Å². The zero-order valence-electron chi connectivity index (χ0n) is 72.4. The van der Waals surface area contributed by atoms with Gasteiger partial charge in [0.2, 0.25) is 0 Å². The van der Waals surface area contributed by atoms with Crippen LogP contribution in [0.1, 0.15) is 132 Å². The van der Waals surface area contributed by atoms with Crippen molar-refractivity contribution < 1.29 is 152 Å². The van der Waals surface area contributed by atoms with Crippen LogP contribution >= 0.6 is 57.5 Å². The smallest absolute Gasteiger partial charge is 0.471 e. The molecule has 0 amide bonds. The van der Waals surface area contributed by atoms with E-state index in [1.54, 1.807) is 117 Å². The second kappa shape index (κ2) is 54.2. The molecule has 39 nitrogen and oxygen atoms in total. The number of nitrogens with two attached hydrogens (primary N) is 2. The average Bonchev–Trinajstić information content (AvgIpc) is 1.67. The van der Waals surface area contributed by atoms with E-state index in [2.05, 4.69) is 88.4 Å². The number of aromatic nitrogens is 12. The van der Waals surface area contributed by atoms with Crippen molar-refractivity contribution in [1.29, 1.82) is 15.8 Å². The third kappa shape index (κ3) is 34.5. The molecular formula is C83H96F6N19O20P3S3V+2. The third-order valence-electron chi connectivity index (χ3n) is 19.7. The number of carboxylic acid groups (broad SMARTS) is 2. The molecule has 1 radical (unpaired) electrons. The van der Waals surface area contributed by atoms with E-state index >= 15 is 13.2 Å². The van der Waals surface area contributed by atoms with Crippen molar-refractivity contribution in [3.05, 3.63) is 265 Å². The number of unbranched alkanes of at least 4 members (excludes halogenated alkanes) is 2. The number of quaternary nitrogens is 2. The van der Waals surface area contributed by atoms with Gasteiger partial charge in [-0.1, -0.05) is 75.4 Å². The predicted octanol–water partition coefficient (Wildman–Crippen LogP) is 10.6. The minimum atomic E-state index is -4.93. The van der Waals surface area contributed by atoms with Crippen LogP contribution in [-0.4, -0.2) is 168 Å². The molecule has 52 heteroatoms. The first kappa shape index (κ1) is 113. The van der Waals surface area contributed by atoms with Gasteiger partial charge < -0.3 is 81.8 Å². The normalized spacial score (nSPS) is 13.7. The minimum absolute atomic E-state index is 0. The van der Waals surface area contributed by atoms with E-state index in [0.717, 1.165) is 73.7 Å². The number of ether oxygens (including phenoxy) is 3. The zero-order valence-corrected chi connectivity index (χ0v) is 78.9. The molecule has 0 fully saturated rings. The molecule has 0 saturated heterocycles. The number of benzene rings is 6. The van der Waals surface area contributed by atoms with Crippen molar-refractivity contribution in [3.8, 4) is 52.0 Å². The maximum Gasteiger partial charge on any atom is 0.471 e. The van der Waals surface area contributed by atoms with E-state index in [0.29, 0.717) is 79.8 Å². The Bertz CT molecular complexity index is 5440. The second-order valence-electron chi connectivity index (χ2n) is 28.8. The summed E-state index contributed by atoms with van der Waals surface area (Å²) < 4.78 is 157. The van der Waals surface area contributed by atoms with Gasteiger partial charge in [0.15, 0.2) is 20.4 Å². The van der Waals surface area contributed by atoms with Gasteiger partial charge in [0.1, 0.15) is 102 Å². The van der Waals surface area contributed by atoms with Crippen molar-refractivity contribution in [2.75, 3.05) is 40.1 Å². The fourth-order valence-electron chi connectivity index (χ4n) is 12.8. The number of aliphatic hydroxyl groups excluding tert-OH is 1. The summed E-state index contributed by atoms with van der Waals surface area (Å²) in [6.07, 6.45) is 12.6. The minimum Gasteiger partial charge on any atom is -0.480 e. The summed E-state index contributed by atoms with van der Waals surface area (Å²) in [7, 11) is -14.8. The Morgan fingerprint density at radius 3 is 0.911 bits per heavy atom. The van der Waals surface area contributed by atoms with E-state index in [9.17, 15) is 65.8 Å². The molecule has 12 rings (SSSR count). The van der Waals surface area contributed by atoms with E-state index in [-0.39, 0.29) is 61.5 Å². The molecule has 0 aliphatic carbocycles. The molecular weight excluding hydrogens is 1940 g/mol. The monoisotopic (exact) mass is 2030 g/mol. The average molecular weight is 2030 g/mol. The number of aliphatic hydroxyl groups is 1. The van der Waals surface area contributed by atoms with Gasteiger partial charge in [-0.2, -0.15) is 31.1 Å². The SMILES string of the molecule is CCO.C[C@@H](c1nc(-c2ccc(C#N)cc2)cs1)[C@@](Cn1cncn1)(OCOP(=O)(O)O)c1ccc(F)cc1F.C[C@@H](c1nc(-c2ccc(C#N)cc2)cs1)[C@@](Cn1cncn1)(OCOP(=O)(O)O)c1ccc(F)cc1F.C[C@@H](c1nc(-c2ccc(C#N)cc2)cs1)[C@@](Cn1cncn1)(OCOP(=O)(O)O)c1ccc(F)cc1F.NC(CCCC[NH3+])C(=O)O.NC(CCCC[NH3+])C(=O)O.[V]. The van der Waals surface area contributed by atoms with Crippen molar-refractivity contribution in [2.45, 2.75) is 132 Å². The molecule has 0 saturated carbocycles. The van der Waals surface area contributed by atoms with Crippen molar-refractivity contribution in [2.24, 2.45) is 11.5 Å². The van der Waals surface area contributed by atoms with Crippen LogP contribution in [0.15, 0.2) is 181 Å². The first-order valence-electron chi connectivity index (χ1n) is 40.0. The summed E-state index contributed by atoms with van der Waals surface area (Å²) >= 11 is 3.76. The third-order valence-corrected chi connectivity index (χ3v) is 24.1. The molecule has 8 atom stereocenters. The van der Waals surface area contributed by atoms with Gasteiger partial charge in [0.25, 0.3) is 0 Å². The number of phosphoric acid groups is 3. The number of carboxylic acids is 2. The molecule has 6 aromatic carbocycles. The summed E-state index contributed by atoms with van der Waals surface area (Å²) in [4.78, 5) is 101. The van der Waals surface area contributed by atoms with Gasteiger partial charge in [0, 0.05) is 111 Å².